The van der Waals surface area contributed by atoms with Gasteiger partial charge in [-0.25, -0.2) is 9.66 Å². The van der Waals surface area contributed by atoms with Gasteiger partial charge in [-0.2, -0.15) is 0 Å². The van der Waals surface area contributed by atoms with Crippen LogP contribution in [0.3, 0.4) is 0 Å². The Kier molecular flexibility index (Phi) is 5.23. The first-order chi connectivity index (χ1) is 13.5. The quantitative estimate of drug-likeness (QED) is 0.702. The number of carbonyl (C=O) groups excluding carboxylic acids is 1. The predicted octanol–water partition coefficient (Wildman–Crippen LogP) is 3.15. The average Bonchev–Trinajstić information content (AvgIpc) is 2.95. The molecule has 1 aliphatic heterocycles. The van der Waals surface area contributed by atoms with Crippen molar-refractivity contribution >= 4 is 39.1 Å². The Labute approximate surface area is 169 Å². The molecule has 0 fully saturated rings. The summed E-state index contributed by atoms with van der Waals surface area (Å²) in [6, 6.07) is 5.23. The molecule has 0 saturated carbocycles. The van der Waals surface area contributed by atoms with Crippen molar-refractivity contribution < 1.29 is 14.3 Å². The first-order valence-corrected chi connectivity index (χ1v) is 10.1. The fraction of sp³-hybridized carbons (Fsp3) is 0.316. The molecular weight excluding hydrogens is 402 g/mol. The van der Waals surface area contributed by atoms with Crippen LogP contribution in [0.4, 0.5) is 0 Å². The van der Waals surface area contributed by atoms with Gasteiger partial charge in [0.25, 0.3) is 5.56 Å². The summed E-state index contributed by atoms with van der Waals surface area (Å²) in [4.78, 5) is 31.1. The third kappa shape index (κ3) is 3.70. The number of hydrogen-bond acceptors (Lipinski definition) is 6. The van der Waals surface area contributed by atoms with Crippen molar-refractivity contribution in [2.75, 3.05) is 18.6 Å². The third-order valence-corrected chi connectivity index (χ3v) is 5.79. The van der Waals surface area contributed by atoms with E-state index in [2.05, 4.69) is 10.4 Å². The van der Waals surface area contributed by atoms with Gasteiger partial charge in [0, 0.05) is 11.3 Å². The van der Waals surface area contributed by atoms with Gasteiger partial charge < -0.3 is 9.47 Å². The van der Waals surface area contributed by atoms with Crippen molar-refractivity contribution in [1.82, 2.24) is 9.66 Å². The molecule has 7 nitrogen and oxygen atoms in total. The summed E-state index contributed by atoms with van der Waals surface area (Å²) >= 11 is 7.75. The van der Waals surface area contributed by atoms with E-state index >= 15 is 0 Å². The minimum Gasteiger partial charge on any atom is -0.489 e. The number of hydrogen-bond donors (Lipinski definition) is 1. The van der Waals surface area contributed by atoms with Crippen LogP contribution in [0, 0.1) is 0 Å². The number of aryl methyl sites for hydroxylation is 1. The maximum Gasteiger partial charge on any atom is 0.280 e. The second-order valence-corrected chi connectivity index (χ2v) is 7.89. The first-order valence-electron chi connectivity index (χ1n) is 8.93. The van der Waals surface area contributed by atoms with Crippen LogP contribution in [0.1, 0.15) is 23.8 Å². The highest BCUT2D eigenvalue weighted by molar-refractivity contribution is 7.18. The minimum absolute atomic E-state index is 0.0324. The maximum atomic E-state index is 12.6. The second-order valence-electron chi connectivity index (χ2n) is 6.37. The molecule has 146 valence electrons. The van der Waals surface area contributed by atoms with Crippen LogP contribution in [0.2, 0.25) is 5.02 Å². The SMILES string of the molecule is CCc1cc2c(=O)n(NC(=O)Cc3cc(Cl)c4c(c3)OCCCO4)cnc2s1. The molecule has 4 rings (SSSR count). The highest BCUT2D eigenvalue weighted by atomic mass is 35.5. The molecule has 1 N–H and O–H groups in total. The van der Waals surface area contributed by atoms with Crippen molar-refractivity contribution in [3.05, 3.63) is 50.3 Å². The van der Waals surface area contributed by atoms with Crippen molar-refractivity contribution in [2.45, 2.75) is 26.2 Å². The highest BCUT2D eigenvalue weighted by Gasteiger charge is 2.17. The molecule has 0 atom stereocenters. The second kappa shape index (κ2) is 7.81. The molecule has 1 aromatic carbocycles. The van der Waals surface area contributed by atoms with Crippen molar-refractivity contribution in [2.24, 2.45) is 0 Å². The van der Waals surface area contributed by atoms with Gasteiger partial charge in [0.15, 0.2) is 11.5 Å². The zero-order chi connectivity index (χ0) is 19.7. The van der Waals surface area contributed by atoms with Crippen molar-refractivity contribution in [1.29, 1.82) is 0 Å². The van der Waals surface area contributed by atoms with E-state index in [1.807, 2.05) is 13.0 Å². The highest BCUT2D eigenvalue weighted by Crippen LogP contribution is 2.38. The molecule has 3 aromatic rings. The van der Waals surface area contributed by atoms with Crippen LogP contribution in [0.25, 0.3) is 10.2 Å². The van der Waals surface area contributed by atoms with Gasteiger partial charge >= 0.3 is 0 Å². The fourth-order valence-corrected chi connectivity index (χ4v) is 4.19. The van der Waals surface area contributed by atoms with Crippen molar-refractivity contribution in [3.63, 3.8) is 0 Å². The number of nitrogens with zero attached hydrogens (tertiary/aromatic N) is 2. The van der Waals surface area contributed by atoms with E-state index in [9.17, 15) is 9.59 Å². The normalized spacial score (nSPS) is 13.4. The van der Waals surface area contributed by atoms with E-state index in [0.717, 1.165) is 22.4 Å². The Balaban J connectivity index is 1.54. The number of fused-ring (bicyclic) bond motifs is 2. The largest absolute Gasteiger partial charge is 0.489 e. The van der Waals surface area contributed by atoms with Crippen molar-refractivity contribution in [3.8, 4) is 11.5 Å². The van der Waals surface area contributed by atoms with E-state index in [4.69, 9.17) is 21.1 Å². The van der Waals surface area contributed by atoms with Gasteiger partial charge in [-0.05, 0) is 30.2 Å². The number of amides is 1. The van der Waals surface area contributed by atoms with Gasteiger partial charge in [-0.1, -0.05) is 18.5 Å². The minimum atomic E-state index is -0.361. The van der Waals surface area contributed by atoms with Gasteiger partial charge in [-0.15, -0.1) is 11.3 Å². The van der Waals surface area contributed by atoms with Crippen LogP contribution >= 0.6 is 22.9 Å². The first kappa shape index (κ1) is 18.8. The number of benzene rings is 1. The number of rotatable bonds is 4. The number of aromatic nitrogens is 2. The zero-order valence-corrected chi connectivity index (χ0v) is 16.7. The third-order valence-electron chi connectivity index (χ3n) is 4.32. The molecule has 3 heterocycles. The molecule has 2 aromatic heterocycles. The Morgan fingerprint density at radius 1 is 1.32 bits per heavy atom. The summed E-state index contributed by atoms with van der Waals surface area (Å²) in [5.41, 5.74) is 2.95. The summed E-state index contributed by atoms with van der Waals surface area (Å²) in [7, 11) is 0. The molecule has 0 aliphatic carbocycles. The molecule has 1 aliphatic rings. The van der Waals surface area contributed by atoms with E-state index < -0.39 is 0 Å². The van der Waals surface area contributed by atoms with Crippen LogP contribution < -0.4 is 20.5 Å². The summed E-state index contributed by atoms with van der Waals surface area (Å²) in [6.45, 7) is 3.08. The van der Waals surface area contributed by atoms with E-state index in [0.29, 0.717) is 45.5 Å². The van der Waals surface area contributed by atoms with Crippen LogP contribution in [0.15, 0.2) is 29.3 Å². The number of carbonyl (C=O) groups is 1. The molecule has 0 saturated heterocycles. The average molecular weight is 420 g/mol. The monoisotopic (exact) mass is 419 g/mol. The molecular formula is C19H18ClN3O4S. The lowest BCUT2D eigenvalue weighted by Crippen LogP contribution is -2.33. The summed E-state index contributed by atoms with van der Waals surface area (Å²) in [5, 5.41) is 0.899. The molecule has 28 heavy (non-hydrogen) atoms. The molecule has 9 heteroatoms. The number of halogens is 1. The van der Waals surface area contributed by atoms with Crippen LogP contribution in [-0.4, -0.2) is 28.8 Å². The fourth-order valence-electron chi connectivity index (χ4n) is 2.97. The number of thiophene rings is 1. The topological polar surface area (TPSA) is 82.5 Å². The van der Waals surface area contributed by atoms with E-state index in [1.54, 1.807) is 12.1 Å². The van der Waals surface area contributed by atoms with Gasteiger partial charge in [0.05, 0.1) is 30.0 Å². The number of ether oxygens (including phenoxy) is 2. The molecule has 0 unspecified atom stereocenters. The van der Waals surface area contributed by atoms with Crippen LogP contribution in [0.5, 0.6) is 11.5 Å². The Bertz CT molecular complexity index is 1110. The zero-order valence-electron chi connectivity index (χ0n) is 15.2. The summed E-state index contributed by atoms with van der Waals surface area (Å²) in [6.07, 6.45) is 2.96. The molecule has 0 spiro atoms. The summed E-state index contributed by atoms with van der Waals surface area (Å²) < 4.78 is 12.3. The van der Waals surface area contributed by atoms with Gasteiger partial charge in [-0.3, -0.25) is 15.0 Å². The smallest absolute Gasteiger partial charge is 0.280 e. The van der Waals surface area contributed by atoms with Crippen LogP contribution in [-0.2, 0) is 17.6 Å². The molecule has 0 radical (unpaired) electrons. The Hall–Kier alpha value is -2.58. The summed E-state index contributed by atoms with van der Waals surface area (Å²) in [5.74, 6) is 0.663. The molecule has 1 amide bonds. The van der Waals surface area contributed by atoms with Gasteiger partial charge in [0.1, 0.15) is 11.2 Å². The lowest BCUT2D eigenvalue weighted by atomic mass is 10.1. The van der Waals surface area contributed by atoms with E-state index in [-0.39, 0.29) is 17.9 Å². The Morgan fingerprint density at radius 3 is 2.96 bits per heavy atom. The number of nitrogens with one attached hydrogen (secondary N) is 1. The lowest BCUT2D eigenvalue weighted by Gasteiger charge is -2.12. The Morgan fingerprint density at radius 2 is 2.14 bits per heavy atom. The molecule has 0 bridgehead atoms. The van der Waals surface area contributed by atoms with Gasteiger partial charge in [0.2, 0.25) is 5.91 Å². The maximum absolute atomic E-state index is 12.6. The predicted molar refractivity (Wildman–Crippen MR) is 108 cm³/mol. The standard InChI is InChI=1S/C19H18ClN3O4S/c1-2-12-9-13-18(28-12)21-10-23(19(13)25)22-16(24)8-11-6-14(20)17-15(7-11)26-4-3-5-27-17/h6-7,9-10H,2-5,8H2,1H3,(H,22,24). The lowest BCUT2D eigenvalue weighted by molar-refractivity contribution is -0.116. The van der Waals surface area contributed by atoms with E-state index in [1.165, 1.54) is 17.7 Å².